The van der Waals surface area contributed by atoms with E-state index in [-0.39, 0.29) is 17.5 Å². The van der Waals surface area contributed by atoms with E-state index in [1.54, 1.807) is 0 Å². The highest BCUT2D eigenvalue weighted by Gasteiger charge is 2.31. The number of halogens is 4. The Balaban J connectivity index is 2.19. The molecule has 10 heteroatoms. The molecule has 2 rings (SSSR count). The van der Waals surface area contributed by atoms with E-state index >= 15 is 0 Å². The number of hydrogen-bond acceptors (Lipinski definition) is 3. The van der Waals surface area contributed by atoms with E-state index in [1.165, 1.54) is 30.3 Å². The second-order valence-corrected chi connectivity index (χ2v) is 6.85. The number of amides is 2. The minimum atomic E-state index is -4.60. The number of carboxylic acid groups (broad SMARTS) is 1. The molecular formula is C21H20F4N2O4. The number of carbonyl (C=O) groups is 3. The number of hydrogen-bond donors (Lipinski definition) is 3. The van der Waals surface area contributed by atoms with E-state index in [9.17, 15) is 37.1 Å². The van der Waals surface area contributed by atoms with Crippen LogP contribution in [-0.4, -0.2) is 35.0 Å². The molecule has 0 aliphatic rings. The first kappa shape index (κ1) is 23.8. The molecule has 6 nitrogen and oxygen atoms in total. The van der Waals surface area contributed by atoms with E-state index in [0.29, 0.717) is 0 Å². The standard InChI is InChI=1S/C21H20F4N2O4/c1-12(28)26-17(11-14-6-2-3-8-16(14)22)19(29)27-18(20(30)31)10-13-5-4-7-15(9-13)21(23,24)25/h2-9,17-18H,10-11H2,1H3,(H,26,28)(H,27,29)(H,30,31)/t17-,18-/m1/s1. The van der Waals surface area contributed by atoms with E-state index in [2.05, 4.69) is 10.6 Å². The zero-order chi connectivity index (χ0) is 23.2. The first-order chi connectivity index (χ1) is 14.5. The Morgan fingerprint density at radius 3 is 2.23 bits per heavy atom. The molecule has 2 amide bonds. The van der Waals surface area contributed by atoms with Gasteiger partial charge in [-0.2, -0.15) is 13.2 Å². The van der Waals surface area contributed by atoms with E-state index in [1.807, 2.05) is 0 Å². The van der Waals surface area contributed by atoms with Crippen LogP contribution >= 0.6 is 0 Å². The molecular weight excluding hydrogens is 420 g/mol. The van der Waals surface area contributed by atoms with Gasteiger partial charge in [-0.3, -0.25) is 9.59 Å². The second-order valence-electron chi connectivity index (χ2n) is 6.85. The molecule has 166 valence electrons. The largest absolute Gasteiger partial charge is 0.480 e. The highest BCUT2D eigenvalue weighted by Crippen LogP contribution is 2.29. The van der Waals surface area contributed by atoms with Crippen molar-refractivity contribution in [3.05, 3.63) is 71.0 Å². The van der Waals surface area contributed by atoms with E-state index in [4.69, 9.17) is 0 Å². The summed E-state index contributed by atoms with van der Waals surface area (Å²) in [6.07, 6.45) is -5.26. The number of nitrogens with one attached hydrogen (secondary N) is 2. The summed E-state index contributed by atoms with van der Waals surface area (Å²) in [7, 11) is 0. The normalized spacial score (nSPS) is 13.2. The van der Waals surface area contributed by atoms with Crippen LogP contribution in [0.4, 0.5) is 17.6 Å². The van der Waals surface area contributed by atoms with Crippen LogP contribution in [0, 0.1) is 5.82 Å². The van der Waals surface area contributed by atoms with Crippen LogP contribution in [0.5, 0.6) is 0 Å². The minimum Gasteiger partial charge on any atom is -0.480 e. The summed E-state index contributed by atoms with van der Waals surface area (Å²) in [5, 5.41) is 14.0. The average molecular weight is 440 g/mol. The molecule has 0 aromatic heterocycles. The van der Waals surface area contributed by atoms with Crippen LogP contribution < -0.4 is 10.6 Å². The maximum Gasteiger partial charge on any atom is 0.416 e. The van der Waals surface area contributed by atoms with Crippen LogP contribution in [0.2, 0.25) is 0 Å². The van der Waals surface area contributed by atoms with Gasteiger partial charge in [0.2, 0.25) is 11.8 Å². The van der Waals surface area contributed by atoms with Crippen molar-refractivity contribution in [3.8, 4) is 0 Å². The SMILES string of the molecule is CC(=O)N[C@H](Cc1ccccc1F)C(=O)N[C@H](Cc1cccc(C(F)(F)F)c1)C(=O)O. The van der Waals surface area contributed by atoms with Crippen molar-refractivity contribution < 1.29 is 37.1 Å². The molecule has 0 fully saturated rings. The molecule has 0 radical (unpaired) electrons. The third kappa shape index (κ3) is 7.09. The van der Waals surface area contributed by atoms with Crippen molar-refractivity contribution in [1.29, 1.82) is 0 Å². The predicted molar refractivity (Wildman–Crippen MR) is 102 cm³/mol. The summed E-state index contributed by atoms with van der Waals surface area (Å²) in [6, 6.07) is 6.81. The van der Waals surface area contributed by atoms with Gasteiger partial charge >= 0.3 is 12.1 Å². The summed E-state index contributed by atoms with van der Waals surface area (Å²) in [5.41, 5.74) is -0.773. The quantitative estimate of drug-likeness (QED) is 0.550. The van der Waals surface area contributed by atoms with Crippen LogP contribution in [-0.2, 0) is 33.4 Å². The van der Waals surface area contributed by atoms with Gasteiger partial charge in [-0.25, -0.2) is 9.18 Å². The molecule has 0 aliphatic carbocycles. The molecule has 0 spiro atoms. The van der Waals surface area contributed by atoms with Crippen molar-refractivity contribution in [3.63, 3.8) is 0 Å². The van der Waals surface area contributed by atoms with Gasteiger partial charge in [-0.05, 0) is 23.3 Å². The summed E-state index contributed by atoms with van der Waals surface area (Å²) < 4.78 is 52.6. The molecule has 3 N–H and O–H groups in total. The fourth-order valence-electron chi connectivity index (χ4n) is 2.92. The third-order valence-corrected chi connectivity index (χ3v) is 4.38. The topological polar surface area (TPSA) is 95.5 Å². The Morgan fingerprint density at radius 1 is 0.968 bits per heavy atom. The number of rotatable bonds is 8. The van der Waals surface area contributed by atoms with Crippen LogP contribution in [0.15, 0.2) is 48.5 Å². The summed E-state index contributed by atoms with van der Waals surface area (Å²) in [6.45, 7) is 1.14. The zero-order valence-electron chi connectivity index (χ0n) is 16.4. The lowest BCUT2D eigenvalue weighted by Crippen LogP contribution is -2.52. The van der Waals surface area contributed by atoms with Crippen molar-refractivity contribution in [2.24, 2.45) is 0 Å². The van der Waals surface area contributed by atoms with Gasteiger partial charge in [-0.15, -0.1) is 0 Å². The first-order valence-electron chi connectivity index (χ1n) is 9.17. The summed E-state index contributed by atoms with van der Waals surface area (Å²) in [4.78, 5) is 35.7. The Morgan fingerprint density at radius 2 is 1.65 bits per heavy atom. The molecule has 0 aliphatic heterocycles. The molecule has 2 aromatic rings. The fourth-order valence-corrected chi connectivity index (χ4v) is 2.92. The molecule has 0 heterocycles. The molecule has 2 aromatic carbocycles. The first-order valence-corrected chi connectivity index (χ1v) is 9.17. The molecule has 2 atom stereocenters. The molecule has 0 saturated heterocycles. The maximum atomic E-state index is 13.9. The highest BCUT2D eigenvalue weighted by molar-refractivity contribution is 5.90. The second kappa shape index (κ2) is 10.1. The molecule has 0 saturated carbocycles. The van der Waals surface area contributed by atoms with Crippen molar-refractivity contribution in [1.82, 2.24) is 10.6 Å². The van der Waals surface area contributed by atoms with Crippen molar-refractivity contribution in [2.75, 3.05) is 0 Å². The van der Waals surface area contributed by atoms with Gasteiger partial charge in [0.15, 0.2) is 0 Å². The van der Waals surface area contributed by atoms with Crippen molar-refractivity contribution >= 4 is 17.8 Å². The van der Waals surface area contributed by atoms with E-state index in [0.717, 1.165) is 25.1 Å². The van der Waals surface area contributed by atoms with Gasteiger partial charge in [0.1, 0.15) is 17.9 Å². The van der Waals surface area contributed by atoms with Gasteiger partial charge in [0, 0.05) is 19.8 Å². The summed E-state index contributed by atoms with van der Waals surface area (Å²) in [5.74, 6) is -3.58. The number of alkyl halides is 3. The molecule has 0 bridgehead atoms. The van der Waals surface area contributed by atoms with Gasteiger partial charge in [0.25, 0.3) is 0 Å². The minimum absolute atomic E-state index is 0.0488. The van der Waals surface area contributed by atoms with E-state index < -0.39 is 53.8 Å². The fraction of sp³-hybridized carbons (Fsp3) is 0.286. The van der Waals surface area contributed by atoms with Gasteiger partial charge < -0.3 is 15.7 Å². The lowest BCUT2D eigenvalue weighted by molar-refractivity contribution is -0.142. The van der Waals surface area contributed by atoms with Crippen LogP contribution in [0.1, 0.15) is 23.6 Å². The number of benzene rings is 2. The Labute approximate surface area is 175 Å². The number of carbonyl (C=O) groups excluding carboxylic acids is 2. The van der Waals surface area contributed by atoms with Gasteiger partial charge in [-0.1, -0.05) is 36.4 Å². The van der Waals surface area contributed by atoms with Crippen molar-refractivity contribution in [2.45, 2.75) is 38.0 Å². The monoisotopic (exact) mass is 440 g/mol. The Bertz CT molecular complexity index is 962. The lowest BCUT2D eigenvalue weighted by atomic mass is 10.0. The molecule has 31 heavy (non-hydrogen) atoms. The average Bonchev–Trinajstić information content (AvgIpc) is 2.67. The molecule has 0 unspecified atom stereocenters. The Hall–Kier alpha value is -3.43. The Kier molecular flexibility index (Phi) is 7.73. The zero-order valence-corrected chi connectivity index (χ0v) is 16.4. The van der Waals surface area contributed by atoms with Gasteiger partial charge in [0.05, 0.1) is 5.56 Å². The number of aliphatic carboxylic acids is 1. The summed E-state index contributed by atoms with van der Waals surface area (Å²) >= 11 is 0. The van der Waals surface area contributed by atoms with Crippen LogP contribution in [0.25, 0.3) is 0 Å². The predicted octanol–water partition coefficient (Wildman–Crippen LogP) is 2.70. The lowest BCUT2D eigenvalue weighted by Gasteiger charge is -2.21. The smallest absolute Gasteiger partial charge is 0.416 e. The highest BCUT2D eigenvalue weighted by atomic mass is 19.4. The third-order valence-electron chi connectivity index (χ3n) is 4.38. The maximum absolute atomic E-state index is 13.9. The number of carboxylic acids is 1. The van der Waals surface area contributed by atoms with Crippen LogP contribution in [0.3, 0.4) is 0 Å².